The maximum Gasteiger partial charge on any atom is 0.339 e. The summed E-state index contributed by atoms with van der Waals surface area (Å²) in [4.78, 5) is 14.8. The summed E-state index contributed by atoms with van der Waals surface area (Å²) in [5.74, 6) is -0.691. The molecule has 2 aromatic rings. The van der Waals surface area contributed by atoms with Crippen LogP contribution in [0.3, 0.4) is 0 Å². The number of aromatic carboxylic acids is 1. The van der Waals surface area contributed by atoms with Crippen LogP contribution in [0.1, 0.15) is 16.2 Å². The summed E-state index contributed by atoms with van der Waals surface area (Å²) in [5.41, 5.74) is 6.24. The number of rotatable bonds is 2. The molecule has 0 atom stereocenters. The Labute approximate surface area is 79.2 Å². The number of para-hydroxylation sites is 1. The second-order valence-corrected chi connectivity index (χ2v) is 2.77. The molecule has 5 nitrogen and oxygen atoms in total. The van der Waals surface area contributed by atoms with Crippen LogP contribution in [0.2, 0.25) is 0 Å². The SMILES string of the molecule is NCc1nc2cccc(C(=O)O)c2o1. The third-order valence-corrected chi connectivity index (χ3v) is 1.86. The van der Waals surface area contributed by atoms with Gasteiger partial charge in [-0.3, -0.25) is 0 Å². The molecule has 0 unspecified atom stereocenters. The molecule has 72 valence electrons. The molecule has 0 saturated carbocycles. The summed E-state index contributed by atoms with van der Waals surface area (Å²) >= 11 is 0. The normalized spacial score (nSPS) is 10.6. The maximum absolute atomic E-state index is 10.8. The minimum Gasteiger partial charge on any atom is -0.478 e. The van der Waals surface area contributed by atoms with Crippen molar-refractivity contribution in [1.29, 1.82) is 0 Å². The summed E-state index contributed by atoms with van der Waals surface area (Å²) in [5, 5.41) is 8.85. The topological polar surface area (TPSA) is 89.3 Å². The lowest BCUT2D eigenvalue weighted by Gasteiger charge is -1.92. The third kappa shape index (κ3) is 1.23. The van der Waals surface area contributed by atoms with Gasteiger partial charge in [-0.2, -0.15) is 0 Å². The molecule has 3 N–H and O–H groups in total. The summed E-state index contributed by atoms with van der Waals surface area (Å²) in [6.45, 7) is 0.160. The van der Waals surface area contributed by atoms with Gasteiger partial charge in [-0.1, -0.05) is 6.07 Å². The molecule has 14 heavy (non-hydrogen) atoms. The first-order valence-corrected chi connectivity index (χ1v) is 4.04. The average Bonchev–Trinajstić information content (AvgIpc) is 2.59. The Kier molecular flexibility index (Phi) is 1.94. The van der Waals surface area contributed by atoms with Crippen molar-refractivity contribution >= 4 is 17.1 Å². The fourth-order valence-electron chi connectivity index (χ4n) is 1.25. The number of aromatic nitrogens is 1. The van der Waals surface area contributed by atoms with Crippen molar-refractivity contribution in [3.8, 4) is 0 Å². The average molecular weight is 192 g/mol. The second kappa shape index (κ2) is 3.12. The standard InChI is InChI=1S/C9H8N2O3/c10-4-7-11-6-3-1-2-5(9(12)13)8(6)14-7/h1-3H,4,10H2,(H,12,13). The fourth-order valence-corrected chi connectivity index (χ4v) is 1.25. The van der Waals surface area contributed by atoms with Crippen molar-refractivity contribution in [3.63, 3.8) is 0 Å². The first kappa shape index (κ1) is 8.71. The smallest absolute Gasteiger partial charge is 0.339 e. The van der Waals surface area contributed by atoms with E-state index in [2.05, 4.69) is 4.98 Å². The molecule has 1 heterocycles. The van der Waals surface area contributed by atoms with Gasteiger partial charge in [0.2, 0.25) is 5.89 Å². The highest BCUT2D eigenvalue weighted by atomic mass is 16.4. The van der Waals surface area contributed by atoms with E-state index in [-0.39, 0.29) is 17.7 Å². The van der Waals surface area contributed by atoms with E-state index in [1.54, 1.807) is 12.1 Å². The van der Waals surface area contributed by atoms with Crippen LogP contribution in [0, 0.1) is 0 Å². The van der Waals surface area contributed by atoms with Gasteiger partial charge in [-0.05, 0) is 12.1 Å². The zero-order valence-corrected chi connectivity index (χ0v) is 7.23. The van der Waals surface area contributed by atoms with Crippen LogP contribution < -0.4 is 5.73 Å². The lowest BCUT2D eigenvalue weighted by Crippen LogP contribution is -1.96. The van der Waals surface area contributed by atoms with Crippen LogP contribution in [-0.4, -0.2) is 16.1 Å². The highest BCUT2D eigenvalue weighted by molar-refractivity contribution is 5.99. The van der Waals surface area contributed by atoms with Crippen molar-refractivity contribution in [1.82, 2.24) is 4.98 Å². The Hall–Kier alpha value is -1.88. The minimum atomic E-state index is -1.03. The van der Waals surface area contributed by atoms with E-state index in [1.807, 2.05) is 0 Å². The largest absolute Gasteiger partial charge is 0.478 e. The van der Waals surface area contributed by atoms with Crippen molar-refractivity contribution in [2.24, 2.45) is 5.73 Å². The number of hydrogen-bond donors (Lipinski definition) is 2. The van der Waals surface area contributed by atoms with E-state index in [9.17, 15) is 4.79 Å². The van der Waals surface area contributed by atoms with Gasteiger partial charge in [-0.15, -0.1) is 0 Å². The van der Waals surface area contributed by atoms with Gasteiger partial charge in [0, 0.05) is 0 Å². The molecule has 0 amide bonds. The van der Waals surface area contributed by atoms with Gasteiger partial charge < -0.3 is 15.3 Å². The molecule has 0 fully saturated rings. The fraction of sp³-hybridized carbons (Fsp3) is 0.111. The molecule has 1 aromatic heterocycles. The molecule has 0 saturated heterocycles. The van der Waals surface area contributed by atoms with Gasteiger partial charge in [0.1, 0.15) is 11.1 Å². The Morgan fingerprint density at radius 3 is 3.00 bits per heavy atom. The Balaban J connectivity index is 2.73. The molecule has 1 aromatic carbocycles. The van der Waals surface area contributed by atoms with E-state index in [4.69, 9.17) is 15.3 Å². The number of oxazole rings is 1. The van der Waals surface area contributed by atoms with Gasteiger partial charge >= 0.3 is 5.97 Å². The van der Waals surface area contributed by atoms with E-state index in [0.29, 0.717) is 11.4 Å². The summed E-state index contributed by atoms with van der Waals surface area (Å²) in [6, 6.07) is 4.77. The number of fused-ring (bicyclic) bond motifs is 1. The lowest BCUT2D eigenvalue weighted by molar-refractivity contribution is 0.0698. The Morgan fingerprint density at radius 2 is 2.36 bits per heavy atom. The maximum atomic E-state index is 10.8. The van der Waals surface area contributed by atoms with Crippen molar-refractivity contribution < 1.29 is 14.3 Å². The molecular weight excluding hydrogens is 184 g/mol. The molecule has 0 radical (unpaired) electrons. The van der Waals surface area contributed by atoms with Crippen molar-refractivity contribution in [2.75, 3.05) is 0 Å². The number of hydrogen-bond acceptors (Lipinski definition) is 4. The minimum absolute atomic E-state index is 0.106. The molecule has 0 aliphatic carbocycles. The lowest BCUT2D eigenvalue weighted by atomic mass is 10.2. The summed E-state index contributed by atoms with van der Waals surface area (Å²) < 4.78 is 5.19. The number of nitrogens with zero attached hydrogens (tertiary/aromatic N) is 1. The van der Waals surface area contributed by atoms with Crippen LogP contribution in [0.25, 0.3) is 11.1 Å². The van der Waals surface area contributed by atoms with Gasteiger partial charge in [0.05, 0.1) is 6.54 Å². The predicted octanol–water partition coefficient (Wildman–Crippen LogP) is 0.985. The Morgan fingerprint density at radius 1 is 1.57 bits per heavy atom. The highest BCUT2D eigenvalue weighted by Gasteiger charge is 2.13. The zero-order chi connectivity index (χ0) is 10.1. The molecular formula is C9H8N2O3. The summed E-state index contributed by atoms with van der Waals surface area (Å²) in [6.07, 6.45) is 0. The van der Waals surface area contributed by atoms with Crippen LogP contribution in [0.5, 0.6) is 0 Å². The van der Waals surface area contributed by atoms with Gasteiger partial charge in [0.15, 0.2) is 5.58 Å². The quantitative estimate of drug-likeness (QED) is 0.740. The van der Waals surface area contributed by atoms with E-state index in [0.717, 1.165) is 0 Å². The third-order valence-electron chi connectivity index (χ3n) is 1.86. The van der Waals surface area contributed by atoms with E-state index < -0.39 is 5.97 Å². The van der Waals surface area contributed by atoms with Crippen LogP contribution in [0.4, 0.5) is 0 Å². The van der Waals surface area contributed by atoms with Crippen LogP contribution in [0.15, 0.2) is 22.6 Å². The molecule has 0 bridgehead atoms. The molecule has 0 spiro atoms. The monoisotopic (exact) mass is 192 g/mol. The number of carboxylic acids is 1. The molecule has 0 aliphatic rings. The number of carboxylic acid groups (broad SMARTS) is 1. The van der Waals surface area contributed by atoms with Gasteiger partial charge in [-0.25, -0.2) is 9.78 Å². The number of benzene rings is 1. The molecule has 5 heteroatoms. The number of carbonyl (C=O) groups is 1. The van der Waals surface area contributed by atoms with Crippen molar-refractivity contribution in [3.05, 3.63) is 29.7 Å². The van der Waals surface area contributed by atoms with Crippen LogP contribution >= 0.6 is 0 Å². The van der Waals surface area contributed by atoms with E-state index >= 15 is 0 Å². The first-order valence-electron chi connectivity index (χ1n) is 4.04. The Bertz CT molecular complexity index is 490. The van der Waals surface area contributed by atoms with Crippen molar-refractivity contribution in [2.45, 2.75) is 6.54 Å². The highest BCUT2D eigenvalue weighted by Crippen LogP contribution is 2.19. The molecule has 2 rings (SSSR count). The first-order chi connectivity index (χ1) is 6.72. The summed E-state index contributed by atoms with van der Waals surface area (Å²) in [7, 11) is 0. The number of nitrogens with two attached hydrogens (primary N) is 1. The van der Waals surface area contributed by atoms with E-state index in [1.165, 1.54) is 6.07 Å². The second-order valence-electron chi connectivity index (χ2n) is 2.77. The zero-order valence-electron chi connectivity index (χ0n) is 7.23. The van der Waals surface area contributed by atoms with Gasteiger partial charge in [0.25, 0.3) is 0 Å². The molecule has 0 aliphatic heterocycles. The van der Waals surface area contributed by atoms with Crippen LogP contribution in [-0.2, 0) is 6.54 Å². The predicted molar refractivity (Wildman–Crippen MR) is 48.9 cm³/mol.